The van der Waals surface area contributed by atoms with Gasteiger partial charge in [0.05, 0.1) is 17.9 Å². The fourth-order valence-electron chi connectivity index (χ4n) is 2.57. The Bertz CT molecular complexity index is 510. The Labute approximate surface area is 132 Å². The van der Waals surface area contributed by atoms with Crippen LogP contribution in [0.3, 0.4) is 0 Å². The number of nitrogens with zero attached hydrogens (tertiary/aromatic N) is 3. The van der Waals surface area contributed by atoms with Crippen LogP contribution < -0.4 is 10.6 Å². The van der Waals surface area contributed by atoms with Crippen molar-refractivity contribution < 1.29 is 9.53 Å². The first-order chi connectivity index (χ1) is 10.3. The average Bonchev–Trinajstić information content (AvgIpc) is 2.45. The second-order valence-electron chi connectivity index (χ2n) is 6.77. The molecule has 1 aromatic heterocycles. The lowest BCUT2D eigenvalue weighted by molar-refractivity contribution is 0.0210. The molecule has 22 heavy (non-hydrogen) atoms. The number of amides is 1. The molecule has 2 heterocycles. The molecule has 1 aliphatic heterocycles. The van der Waals surface area contributed by atoms with E-state index < -0.39 is 5.60 Å². The van der Waals surface area contributed by atoms with Crippen molar-refractivity contribution in [1.82, 2.24) is 9.88 Å². The number of hydrogen-bond donors (Lipinski definition) is 1. The third-order valence-electron chi connectivity index (χ3n) is 3.76. The first-order valence-corrected chi connectivity index (χ1v) is 7.68. The van der Waals surface area contributed by atoms with E-state index in [2.05, 4.69) is 9.88 Å². The Morgan fingerprint density at radius 3 is 2.77 bits per heavy atom. The SMILES string of the molecule is CN(C(=O)OC(C)(C)C)[C@H]1CCCN(c2ccc(N)nc2)C1. The fourth-order valence-corrected chi connectivity index (χ4v) is 2.57. The Hall–Kier alpha value is -1.98. The van der Waals surface area contributed by atoms with Gasteiger partial charge in [0.15, 0.2) is 0 Å². The number of ether oxygens (including phenoxy) is 1. The first-order valence-electron chi connectivity index (χ1n) is 7.68. The maximum Gasteiger partial charge on any atom is 0.410 e. The molecule has 6 heteroatoms. The van der Waals surface area contributed by atoms with Crippen molar-refractivity contribution in [2.24, 2.45) is 0 Å². The summed E-state index contributed by atoms with van der Waals surface area (Å²) in [4.78, 5) is 20.3. The van der Waals surface area contributed by atoms with Crippen LogP contribution in [0.5, 0.6) is 0 Å². The van der Waals surface area contributed by atoms with Crippen LogP contribution in [-0.4, -0.2) is 47.8 Å². The van der Waals surface area contributed by atoms with E-state index in [9.17, 15) is 4.79 Å². The van der Waals surface area contributed by atoms with Gasteiger partial charge in [-0.3, -0.25) is 0 Å². The summed E-state index contributed by atoms with van der Waals surface area (Å²) in [5, 5.41) is 0. The van der Waals surface area contributed by atoms with E-state index in [1.54, 1.807) is 17.2 Å². The maximum atomic E-state index is 12.2. The van der Waals surface area contributed by atoms with Gasteiger partial charge in [0, 0.05) is 20.1 Å². The van der Waals surface area contributed by atoms with Crippen LogP contribution in [0.2, 0.25) is 0 Å². The number of rotatable bonds is 2. The largest absolute Gasteiger partial charge is 0.444 e. The van der Waals surface area contributed by atoms with Gasteiger partial charge in [0.1, 0.15) is 11.4 Å². The van der Waals surface area contributed by atoms with E-state index in [-0.39, 0.29) is 12.1 Å². The van der Waals surface area contributed by atoms with E-state index >= 15 is 0 Å². The minimum absolute atomic E-state index is 0.140. The van der Waals surface area contributed by atoms with E-state index in [0.717, 1.165) is 31.6 Å². The zero-order chi connectivity index (χ0) is 16.3. The van der Waals surface area contributed by atoms with Crippen LogP contribution >= 0.6 is 0 Å². The number of anilines is 2. The van der Waals surface area contributed by atoms with Crippen LogP contribution in [0, 0.1) is 0 Å². The van der Waals surface area contributed by atoms with Crippen molar-refractivity contribution in [1.29, 1.82) is 0 Å². The molecule has 2 N–H and O–H groups in total. The number of aromatic nitrogens is 1. The zero-order valence-corrected chi connectivity index (χ0v) is 13.9. The van der Waals surface area contributed by atoms with Gasteiger partial charge in [0.25, 0.3) is 0 Å². The molecule has 0 bridgehead atoms. The molecule has 1 aromatic rings. The number of piperidine rings is 1. The number of carbonyl (C=O) groups excluding carboxylic acids is 1. The second-order valence-corrected chi connectivity index (χ2v) is 6.77. The standard InChI is InChI=1S/C16H26N4O2/c1-16(2,3)22-15(21)19(4)13-6-5-9-20(11-13)12-7-8-14(17)18-10-12/h7-8,10,13H,5-6,9,11H2,1-4H3,(H2,17,18)/t13-/m0/s1. The topological polar surface area (TPSA) is 71.7 Å². The second kappa shape index (κ2) is 6.42. The summed E-state index contributed by atoms with van der Waals surface area (Å²) in [6.45, 7) is 7.38. The summed E-state index contributed by atoms with van der Waals surface area (Å²) in [6.07, 6.45) is 3.52. The Morgan fingerprint density at radius 1 is 1.45 bits per heavy atom. The lowest BCUT2D eigenvalue weighted by Gasteiger charge is -2.39. The molecule has 1 aliphatic rings. The highest BCUT2D eigenvalue weighted by Crippen LogP contribution is 2.23. The molecule has 0 aromatic carbocycles. The number of carbonyl (C=O) groups is 1. The molecular formula is C16H26N4O2. The van der Waals surface area contributed by atoms with Crippen molar-refractivity contribution in [2.75, 3.05) is 30.8 Å². The number of hydrogen-bond acceptors (Lipinski definition) is 5. The van der Waals surface area contributed by atoms with Crippen LogP contribution in [-0.2, 0) is 4.74 Å². The molecule has 122 valence electrons. The van der Waals surface area contributed by atoms with Crippen molar-refractivity contribution in [2.45, 2.75) is 45.3 Å². The molecule has 6 nitrogen and oxygen atoms in total. The molecule has 1 amide bonds. The number of pyridine rings is 1. The van der Waals surface area contributed by atoms with Gasteiger partial charge in [-0.25, -0.2) is 9.78 Å². The molecule has 0 saturated carbocycles. The molecule has 2 rings (SSSR count). The highest BCUT2D eigenvalue weighted by Gasteiger charge is 2.29. The quantitative estimate of drug-likeness (QED) is 0.909. The van der Waals surface area contributed by atoms with Gasteiger partial charge < -0.3 is 20.3 Å². The lowest BCUT2D eigenvalue weighted by atomic mass is 10.0. The molecule has 0 spiro atoms. The molecular weight excluding hydrogens is 280 g/mol. The minimum atomic E-state index is -0.472. The summed E-state index contributed by atoms with van der Waals surface area (Å²) >= 11 is 0. The van der Waals surface area contributed by atoms with Crippen molar-refractivity contribution in [3.63, 3.8) is 0 Å². The third kappa shape index (κ3) is 4.26. The highest BCUT2D eigenvalue weighted by molar-refractivity contribution is 5.68. The normalized spacial score (nSPS) is 18.9. The van der Waals surface area contributed by atoms with Gasteiger partial charge >= 0.3 is 6.09 Å². The average molecular weight is 306 g/mol. The van der Waals surface area contributed by atoms with E-state index in [0.29, 0.717) is 5.82 Å². The van der Waals surface area contributed by atoms with Gasteiger partial charge in [-0.15, -0.1) is 0 Å². The number of nitrogens with two attached hydrogens (primary N) is 1. The van der Waals surface area contributed by atoms with Gasteiger partial charge in [-0.05, 0) is 45.7 Å². The van der Waals surface area contributed by atoms with Crippen molar-refractivity contribution in [3.8, 4) is 0 Å². The lowest BCUT2D eigenvalue weighted by Crippen LogP contribution is -2.49. The Morgan fingerprint density at radius 2 is 2.18 bits per heavy atom. The van der Waals surface area contributed by atoms with E-state index in [4.69, 9.17) is 10.5 Å². The maximum absolute atomic E-state index is 12.2. The molecule has 1 fully saturated rings. The predicted molar refractivity (Wildman–Crippen MR) is 87.9 cm³/mol. The van der Waals surface area contributed by atoms with Gasteiger partial charge in [-0.2, -0.15) is 0 Å². The van der Waals surface area contributed by atoms with Crippen molar-refractivity contribution in [3.05, 3.63) is 18.3 Å². The Balaban J connectivity index is 2.00. The predicted octanol–water partition coefficient (Wildman–Crippen LogP) is 2.50. The minimum Gasteiger partial charge on any atom is -0.444 e. The monoisotopic (exact) mass is 306 g/mol. The first kappa shape index (κ1) is 16.4. The van der Waals surface area contributed by atoms with Crippen LogP contribution in [0.1, 0.15) is 33.6 Å². The van der Waals surface area contributed by atoms with Crippen LogP contribution in [0.15, 0.2) is 18.3 Å². The molecule has 0 aliphatic carbocycles. The molecule has 0 radical (unpaired) electrons. The highest BCUT2D eigenvalue weighted by atomic mass is 16.6. The summed E-state index contributed by atoms with van der Waals surface area (Å²) in [7, 11) is 1.81. The summed E-state index contributed by atoms with van der Waals surface area (Å²) in [5.74, 6) is 0.517. The smallest absolute Gasteiger partial charge is 0.410 e. The van der Waals surface area contributed by atoms with Crippen LogP contribution in [0.4, 0.5) is 16.3 Å². The summed E-state index contributed by atoms with van der Waals surface area (Å²) in [5.41, 5.74) is 6.20. The zero-order valence-electron chi connectivity index (χ0n) is 13.9. The fraction of sp³-hybridized carbons (Fsp3) is 0.625. The van der Waals surface area contributed by atoms with Crippen molar-refractivity contribution >= 4 is 17.6 Å². The summed E-state index contributed by atoms with van der Waals surface area (Å²) < 4.78 is 5.45. The van der Waals surface area contributed by atoms with E-state index in [1.807, 2.05) is 33.9 Å². The molecule has 0 unspecified atom stereocenters. The summed E-state index contributed by atoms with van der Waals surface area (Å²) in [6, 6.07) is 3.91. The Kier molecular flexibility index (Phi) is 4.78. The van der Waals surface area contributed by atoms with Gasteiger partial charge in [-0.1, -0.05) is 0 Å². The van der Waals surface area contributed by atoms with Gasteiger partial charge in [0.2, 0.25) is 0 Å². The number of nitrogen functional groups attached to an aromatic ring is 1. The third-order valence-corrected chi connectivity index (χ3v) is 3.76. The van der Waals surface area contributed by atoms with E-state index in [1.165, 1.54) is 0 Å². The molecule has 1 atom stereocenters. The number of likely N-dealkylation sites (N-methyl/N-ethyl adjacent to an activating group) is 1. The molecule has 1 saturated heterocycles. The van der Waals surface area contributed by atoms with Crippen LogP contribution in [0.25, 0.3) is 0 Å².